The molecule has 1 amide bonds. The molecular weight excluding hydrogens is 502 g/mol. The average Bonchev–Trinajstić information content (AvgIpc) is 2.73. The maximum Gasteiger partial charge on any atom is 0.251 e. The number of nitrogens with one attached hydrogen (secondary N) is 1. The van der Waals surface area contributed by atoms with Crippen LogP contribution in [0.4, 0.5) is 14.5 Å². The smallest absolute Gasteiger partial charge is 0.251 e. The minimum atomic E-state index is -3.74. The van der Waals surface area contributed by atoms with Crippen LogP contribution < -0.4 is 9.62 Å². The molecule has 3 rings (SSSR count). The summed E-state index contributed by atoms with van der Waals surface area (Å²) in [5.74, 6) is -1.25. The van der Waals surface area contributed by atoms with Crippen LogP contribution in [0.2, 0.25) is 0 Å². The van der Waals surface area contributed by atoms with Crippen LogP contribution in [0.5, 0.6) is 0 Å². The Balaban J connectivity index is 1.65. The fourth-order valence-electron chi connectivity index (χ4n) is 3.07. The Labute approximate surface area is 194 Å². The molecule has 9 heteroatoms. The lowest BCUT2D eigenvalue weighted by atomic mass is 10.1. The molecule has 0 fully saturated rings. The highest BCUT2D eigenvalue weighted by atomic mass is 79.9. The van der Waals surface area contributed by atoms with E-state index in [1.165, 1.54) is 24.3 Å². The van der Waals surface area contributed by atoms with E-state index >= 15 is 0 Å². The van der Waals surface area contributed by atoms with Crippen molar-refractivity contribution in [3.05, 3.63) is 99.5 Å². The summed E-state index contributed by atoms with van der Waals surface area (Å²) >= 11 is 3.16. The molecule has 0 aliphatic carbocycles. The van der Waals surface area contributed by atoms with Crippen LogP contribution in [0.25, 0.3) is 0 Å². The summed E-state index contributed by atoms with van der Waals surface area (Å²) in [6, 6.07) is 16.7. The topological polar surface area (TPSA) is 66.5 Å². The van der Waals surface area contributed by atoms with E-state index in [0.717, 1.165) is 16.1 Å². The van der Waals surface area contributed by atoms with Crippen LogP contribution in [0.15, 0.2) is 71.2 Å². The van der Waals surface area contributed by atoms with E-state index in [1.807, 2.05) is 0 Å². The number of amides is 1. The van der Waals surface area contributed by atoms with E-state index < -0.39 is 15.8 Å². The van der Waals surface area contributed by atoms with E-state index in [0.29, 0.717) is 28.6 Å². The van der Waals surface area contributed by atoms with Gasteiger partial charge in [-0.15, -0.1) is 0 Å². The van der Waals surface area contributed by atoms with Crippen molar-refractivity contribution in [3.63, 3.8) is 0 Å². The van der Waals surface area contributed by atoms with Crippen molar-refractivity contribution in [2.75, 3.05) is 17.1 Å². The maximum atomic E-state index is 14.4. The van der Waals surface area contributed by atoms with E-state index in [-0.39, 0.29) is 24.0 Å². The summed E-state index contributed by atoms with van der Waals surface area (Å²) in [7, 11) is -3.74. The van der Waals surface area contributed by atoms with E-state index in [2.05, 4.69) is 21.2 Å². The molecule has 0 spiro atoms. The molecule has 32 heavy (non-hydrogen) atoms. The summed E-state index contributed by atoms with van der Waals surface area (Å²) in [4.78, 5) is 12.3. The monoisotopic (exact) mass is 522 g/mol. The Morgan fingerprint density at radius 2 is 1.59 bits per heavy atom. The van der Waals surface area contributed by atoms with Crippen molar-refractivity contribution >= 4 is 37.5 Å². The zero-order valence-electron chi connectivity index (χ0n) is 17.2. The number of carbonyl (C=O) groups excluding carboxylic acids is 1. The van der Waals surface area contributed by atoms with Crippen LogP contribution in [-0.2, 0) is 23.0 Å². The van der Waals surface area contributed by atoms with Gasteiger partial charge in [0.25, 0.3) is 5.91 Å². The largest absolute Gasteiger partial charge is 0.352 e. The molecule has 0 radical (unpaired) electrons. The van der Waals surface area contributed by atoms with Crippen LogP contribution >= 0.6 is 15.9 Å². The minimum absolute atomic E-state index is 0.0571. The molecule has 0 saturated carbocycles. The fourth-order valence-corrected chi connectivity index (χ4v) is 4.29. The van der Waals surface area contributed by atoms with E-state index in [1.54, 1.807) is 42.5 Å². The molecule has 0 heterocycles. The standard InChI is InChI=1S/C23H21BrF2N2O3S/c1-32(30,31)28(22-11-8-19(24)14-21(22)26)15-17-2-6-18(7-3-17)23(29)27-13-12-16-4-9-20(25)10-5-16/h2-11,14H,12-13,15H2,1H3,(H,27,29). The molecule has 0 atom stereocenters. The molecule has 0 aromatic heterocycles. The molecule has 3 aromatic carbocycles. The van der Waals surface area contributed by atoms with E-state index in [9.17, 15) is 22.0 Å². The van der Waals surface area contributed by atoms with Crippen LogP contribution in [0, 0.1) is 11.6 Å². The van der Waals surface area contributed by atoms with Gasteiger partial charge in [0.15, 0.2) is 0 Å². The van der Waals surface area contributed by atoms with Crippen LogP contribution in [0.1, 0.15) is 21.5 Å². The second kappa shape index (κ2) is 10.2. The predicted molar refractivity (Wildman–Crippen MR) is 124 cm³/mol. The third kappa shape index (κ3) is 6.37. The van der Waals surface area contributed by atoms with Gasteiger partial charge in [-0.05, 0) is 60.0 Å². The Kier molecular flexibility index (Phi) is 7.63. The Morgan fingerprint density at radius 3 is 2.19 bits per heavy atom. The molecule has 1 N–H and O–H groups in total. The van der Waals surface area contributed by atoms with Crippen molar-refractivity contribution in [2.24, 2.45) is 0 Å². The number of halogens is 3. The molecule has 0 saturated heterocycles. The lowest BCUT2D eigenvalue weighted by molar-refractivity contribution is 0.0954. The SMILES string of the molecule is CS(=O)(=O)N(Cc1ccc(C(=O)NCCc2ccc(F)cc2)cc1)c1ccc(Br)cc1F. The van der Waals surface area contributed by atoms with Gasteiger partial charge in [-0.1, -0.05) is 40.2 Å². The molecule has 0 bridgehead atoms. The van der Waals surface area contributed by atoms with Crippen molar-refractivity contribution in [1.82, 2.24) is 5.32 Å². The summed E-state index contributed by atoms with van der Waals surface area (Å²) in [6.45, 7) is 0.306. The quantitative estimate of drug-likeness (QED) is 0.467. The predicted octanol–water partition coefficient (Wildman–Crippen LogP) is 4.67. The third-order valence-corrected chi connectivity index (χ3v) is 6.35. The maximum absolute atomic E-state index is 14.4. The summed E-state index contributed by atoms with van der Waals surface area (Å²) in [5.41, 5.74) is 1.86. The molecular formula is C23H21BrF2N2O3S. The van der Waals surface area contributed by atoms with Gasteiger partial charge in [0.05, 0.1) is 18.5 Å². The Hall–Kier alpha value is -2.78. The van der Waals surface area contributed by atoms with Gasteiger partial charge in [0, 0.05) is 16.6 Å². The van der Waals surface area contributed by atoms with Gasteiger partial charge in [-0.2, -0.15) is 0 Å². The average molecular weight is 523 g/mol. The van der Waals surface area contributed by atoms with Crippen molar-refractivity contribution in [3.8, 4) is 0 Å². The van der Waals surface area contributed by atoms with Crippen LogP contribution in [-0.4, -0.2) is 27.1 Å². The van der Waals surface area contributed by atoms with Gasteiger partial charge in [-0.25, -0.2) is 17.2 Å². The lowest BCUT2D eigenvalue weighted by Gasteiger charge is -2.23. The molecule has 0 unspecified atom stereocenters. The van der Waals surface area contributed by atoms with Crippen molar-refractivity contribution in [2.45, 2.75) is 13.0 Å². The first-order chi connectivity index (χ1) is 15.1. The number of hydrogen-bond acceptors (Lipinski definition) is 3. The van der Waals surface area contributed by atoms with Crippen molar-refractivity contribution < 1.29 is 22.0 Å². The minimum Gasteiger partial charge on any atom is -0.352 e. The third-order valence-electron chi connectivity index (χ3n) is 4.73. The number of nitrogens with zero attached hydrogens (tertiary/aromatic N) is 1. The summed E-state index contributed by atoms with van der Waals surface area (Å²) < 4.78 is 53.3. The molecule has 0 aliphatic rings. The highest BCUT2D eigenvalue weighted by molar-refractivity contribution is 9.10. The summed E-state index contributed by atoms with van der Waals surface area (Å²) in [5, 5.41) is 2.79. The lowest BCUT2D eigenvalue weighted by Crippen LogP contribution is -2.30. The molecule has 5 nitrogen and oxygen atoms in total. The highest BCUT2D eigenvalue weighted by Gasteiger charge is 2.21. The molecule has 0 aliphatic heterocycles. The zero-order valence-corrected chi connectivity index (χ0v) is 19.6. The second-order valence-corrected chi connectivity index (χ2v) is 10.0. The van der Waals surface area contributed by atoms with Gasteiger partial charge >= 0.3 is 0 Å². The van der Waals surface area contributed by atoms with Gasteiger partial charge < -0.3 is 5.32 Å². The number of sulfonamides is 1. The number of rotatable bonds is 8. The first-order valence-corrected chi connectivity index (χ1v) is 12.3. The number of anilines is 1. The zero-order chi connectivity index (χ0) is 23.3. The molecule has 168 valence electrons. The van der Waals surface area contributed by atoms with Gasteiger partial charge in [-0.3, -0.25) is 9.10 Å². The van der Waals surface area contributed by atoms with E-state index in [4.69, 9.17) is 0 Å². The first kappa shape index (κ1) is 23.9. The molecule has 3 aromatic rings. The van der Waals surface area contributed by atoms with Crippen molar-refractivity contribution in [1.29, 1.82) is 0 Å². The summed E-state index contributed by atoms with van der Waals surface area (Å²) in [6.07, 6.45) is 1.57. The first-order valence-electron chi connectivity index (χ1n) is 9.68. The van der Waals surface area contributed by atoms with Gasteiger partial charge in [0.2, 0.25) is 10.0 Å². The normalized spacial score (nSPS) is 11.2. The Bertz CT molecular complexity index is 1200. The van der Waals surface area contributed by atoms with Gasteiger partial charge in [0.1, 0.15) is 11.6 Å². The second-order valence-electron chi connectivity index (χ2n) is 7.19. The number of benzene rings is 3. The fraction of sp³-hybridized carbons (Fsp3) is 0.174. The number of carbonyl (C=O) groups is 1. The highest BCUT2D eigenvalue weighted by Crippen LogP contribution is 2.26. The Morgan fingerprint density at radius 1 is 0.969 bits per heavy atom. The van der Waals surface area contributed by atoms with Crippen LogP contribution in [0.3, 0.4) is 0 Å². The number of hydrogen-bond donors (Lipinski definition) is 1.